The lowest BCUT2D eigenvalue weighted by molar-refractivity contribution is -0.295. The summed E-state index contributed by atoms with van der Waals surface area (Å²) in [6.45, 7) is 8.82. The van der Waals surface area contributed by atoms with Crippen molar-refractivity contribution in [2.24, 2.45) is 17.3 Å². The molecule has 1 aromatic rings. The van der Waals surface area contributed by atoms with Crippen molar-refractivity contribution in [1.82, 2.24) is 0 Å². The zero-order valence-corrected chi connectivity index (χ0v) is 18.7. The molecule has 170 valence electrons. The van der Waals surface area contributed by atoms with E-state index in [4.69, 9.17) is 14.2 Å². The molecule has 0 aromatic heterocycles. The number of fused-ring (bicyclic) bond motifs is 1. The lowest BCUT2D eigenvalue weighted by Gasteiger charge is -2.62. The van der Waals surface area contributed by atoms with Gasteiger partial charge in [-0.3, -0.25) is 4.79 Å². The van der Waals surface area contributed by atoms with Gasteiger partial charge in [-0.2, -0.15) is 0 Å². The molecule has 1 aliphatic heterocycles. The van der Waals surface area contributed by atoms with Crippen LogP contribution in [0.15, 0.2) is 30.3 Å². The third kappa shape index (κ3) is 2.97. The molecule has 1 spiro atoms. The van der Waals surface area contributed by atoms with E-state index in [2.05, 4.69) is 0 Å². The molecule has 1 heterocycles. The standard InChI is InChI=1S/C24H32O7/c1-13-11-12-16(26)23(5)20(30-21(28)15-9-7-6-8-10-15)18(27)17-19(29-14(2)25)24(13,23)31-22(17,3)4/h6-10,13,16-20,26-27H,11-12H2,1-5H3. The van der Waals surface area contributed by atoms with Gasteiger partial charge in [0.25, 0.3) is 0 Å². The van der Waals surface area contributed by atoms with E-state index in [-0.39, 0.29) is 5.92 Å². The molecule has 1 aromatic carbocycles. The molecule has 3 fully saturated rings. The molecule has 0 amide bonds. The summed E-state index contributed by atoms with van der Waals surface area (Å²) in [6.07, 6.45) is -2.78. The molecule has 8 atom stereocenters. The highest BCUT2D eigenvalue weighted by Crippen LogP contribution is 2.67. The van der Waals surface area contributed by atoms with E-state index >= 15 is 0 Å². The fraction of sp³-hybridized carbons (Fsp3) is 0.667. The normalized spacial score (nSPS) is 43.1. The van der Waals surface area contributed by atoms with Crippen molar-refractivity contribution in [3.05, 3.63) is 35.9 Å². The van der Waals surface area contributed by atoms with Crippen LogP contribution in [0.4, 0.5) is 0 Å². The number of benzene rings is 1. The van der Waals surface area contributed by atoms with Gasteiger partial charge in [0.2, 0.25) is 0 Å². The molecule has 4 rings (SSSR count). The fourth-order valence-corrected chi connectivity index (χ4v) is 6.54. The quantitative estimate of drug-likeness (QED) is 0.708. The predicted molar refractivity (Wildman–Crippen MR) is 111 cm³/mol. The number of aliphatic hydroxyl groups is 2. The minimum atomic E-state index is -1.19. The Morgan fingerprint density at radius 2 is 1.68 bits per heavy atom. The Bertz CT molecular complexity index is 868. The third-order valence-corrected chi connectivity index (χ3v) is 7.93. The first kappa shape index (κ1) is 22.2. The van der Waals surface area contributed by atoms with E-state index in [9.17, 15) is 19.8 Å². The Kier molecular flexibility index (Phi) is 5.23. The van der Waals surface area contributed by atoms with E-state index in [1.165, 1.54) is 6.92 Å². The van der Waals surface area contributed by atoms with Crippen molar-refractivity contribution < 1.29 is 34.0 Å². The van der Waals surface area contributed by atoms with Crippen molar-refractivity contribution in [1.29, 1.82) is 0 Å². The van der Waals surface area contributed by atoms with E-state index < -0.39 is 58.9 Å². The molecule has 2 saturated carbocycles. The molecule has 0 radical (unpaired) electrons. The second-order valence-corrected chi connectivity index (χ2v) is 10.0. The van der Waals surface area contributed by atoms with E-state index in [1.807, 2.05) is 20.8 Å². The molecule has 1 saturated heterocycles. The number of esters is 2. The molecule has 2 N–H and O–H groups in total. The molecule has 7 heteroatoms. The Morgan fingerprint density at radius 1 is 1.03 bits per heavy atom. The predicted octanol–water partition coefficient (Wildman–Crippen LogP) is 2.48. The van der Waals surface area contributed by atoms with Crippen LogP contribution in [0.5, 0.6) is 0 Å². The maximum absolute atomic E-state index is 13.0. The first-order valence-corrected chi connectivity index (χ1v) is 11.0. The number of carbonyl (C=O) groups is 2. The van der Waals surface area contributed by atoms with Crippen molar-refractivity contribution in [2.45, 2.75) is 83.1 Å². The molecule has 7 nitrogen and oxygen atoms in total. The van der Waals surface area contributed by atoms with Gasteiger partial charge in [0, 0.05) is 6.92 Å². The molecular weight excluding hydrogens is 400 g/mol. The summed E-state index contributed by atoms with van der Waals surface area (Å²) in [5, 5.41) is 22.8. The Morgan fingerprint density at radius 3 is 2.29 bits per heavy atom. The maximum atomic E-state index is 13.0. The van der Waals surface area contributed by atoms with Gasteiger partial charge in [0.1, 0.15) is 23.9 Å². The number of ether oxygens (including phenoxy) is 3. The van der Waals surface area contributed by atoms with Crippen molar-refractivity contribution >= 4 is 11.9 Å². The van der Waals surface area contributed by atoms with Gasteiger partial charge in [0.15, 0.2) is 0 Å². The van der Waals surface area contributed by atoms with Crippen LogP contribution in [0.3, 0.4) is 0 Å². The lowest BCUT2D eigenvalue weighted by Crippen LogP contribution is -2.76. The molecular formula is C24H32O7. The van der Waals surface area contributed by atoms with Gasteiger partial charge in [-0.05, 0) is 44.7 Å². The zero-order valence-electron chi connectivity index (χ0n) is 18.7. The van der Waals surface area contributed by atoms with Crippen molar-refractivity contribution in [3.63, 3.8) is 0 Å². The molecule has 8 unspecified atom stereocenters. The van der Waals surface area contributed by atoms with Gasteiger partial charge in [0.05, 0.1) is 28.6 Å². The average molecular weight is 433 g/mol. The summed E-state index contributed by atoms with van der Waals surface area (Å²) in [5.41, 5.74) is -2.79. The summed E-state index contributed by atoms with van der Waals surface area (Å²) in [7, 11) is 0. The van der Waals surface area contributed by atoms with Gasteiger partial charge < -0.3 is 24.4 Å². The van der Waals surface area contributed by atoms with Gasteiger partial charge in [-0.25, -0.2) is 4.79 Å². The SMILES string of the molecule is CC(=O)OC1C2C(O)C(OC(=O)c3ccccc3)C3(C)C(O)CCC(C)C13OC2(C)C. The minimum Gasteiger partial charge on any atom is -0.459 e. The van der Waals surface area contributed by atoms with E-state index in [1.54, 1.807) is 37.3 Å². The van der Waals surface area contributed by atoms with Crippen LogP contribution >= 0.6 is 0 Å². The smallest absolute Gasteiger partial charge is 0.338 e. The molecule has 31 heavy (non-hydrogen) atoms. The van der Waals surface area contributed by atoms with Gasteiger partial charge >= 0.3 is 11.9 Å². The first-order chi connectivity index (χ1) is 14.5. The highest BCUT2D eigenvalue weighted by molar-refractivity contribution is 5.89. The van der Waals surface area contributed by atoms with Crippen LogP contribution in [-0.2, 0) is 19.0 Å². The molecule has 3 aliphatic rings. The number of hydrogen-bond acceptors (Lipinski definition) is 7. The molecule has 2 aliphatic carbocycles. The van der Waals surface area contributed by atoms with Crippen molar-refractivity contribution in [2.75, 3.05) is 0 Å². The summed E-state index contributed by atoms with van der Waals surface area (Å²) in [6, 6.07) is 8.57. The van der Waals surface area contributed by atoms with Crippen LogP contribution in [-0.4, -0.2) is 57.8 Å². The maximum Gasteiger partial charge on any atom is 0.338 e. The summed E-state index contributed by atoms with van der Waals surface area (Å²) >= 11 is 0. The second-order valence-electron chi connectivity index (χ2n) is 10.0. The fourth-order valence-electron chi connectivity index (χ4n) is 6.54. The monoisotopic (exact) mass is 432 g/mol. The summed E-state index contributed by atoms with van der Waals surface area (Å²) in [4.78, 5) is 25.0. The number of carbonyl (C=O) groups excluding carboxylic acids is 2. The van der Waals surface area contributed by atoms with Gasteiger partial charge in [-0.1, -0.05) is 32.0 Å². The van der Waals surface area contributed by atoms with Crippen LogP contribution in [0.25, 0.3) is 0 Å². The Hall–Kier alpha value is -1.96. The summed E-state index contributed by atoms with van der Waals surface area (Å²) in [5.74, 6) is -1.77. The first-order valence-electron chi connectivity index (χ1n) is 11.0. The highest BCUT2D eigenvalue weighted by Gasteiger charge is 2.80. The second kappa shape index (κ2) is 7.29. The number of rotatable bonds is 3. The lowest BCUT2D eigenvalue weighted by atomic mass is 9.48. The molecule has 2 bridgehead atoms. The van der Waals surface area contributed by atoms with Crippen molar-refractivity contribution in [3.8, 4) is 0 Å². The van der Waals surface area contributed by atoms with Crippen LogP contribution in [0.2, 0.25) is 0 Å². The average Bonchev–Trinajstić information content (AvgIpc) is 2.91. The Labute approximate surface area is 182 Å². The Balaban J connectivity index is 1.85. The topological polar surface area (TPSA) is 102 Å². The largest absolute Gasteiger partial charge is 0.459 e. The van der Waals surface area contributed by atoms with E-state index in [0.717, 1.165) is 0 Å². The van der Waals surface area contributed by atoms with Gasteiger partial charge in [-0.15, -0.1) is 0 Å². The summed E-state index contributed by atoms with van der Waals surface area (Å²) < 4.78 is 18.4. The third-order valence-electron chi connectivity index (χ3n) is 7.93. The van der Waals surface area contributed by atoms with Crippen LogP contribution < -0.4 is 0 Å². The van der Waals surface area contributed by atoms with E-state index in [0.29, 0.717) is 18.4 Å². The minimum absolute atomic E-state index is 0.0973. The number of aliphatic hydroxyl groups excluding tert-OH is 2. The van der Waals surface area contributed by atoms with Crippen LogP contribution in [0, 0.1) is 17.3 Å². The number of hydrogen-bond donors (Lipinski definition) is 2. The van der Waals surface area contributed by atoms with Crippen LogP contribution in [0.1, 0.15) is 57.8 Å². The zero-order chi connectivity index (χ0) is 22.8. The highest BCUT2D eigenvalue weighted by atomic mass is 16.6.